The van der Waals surface area contributed by atoms with E-state index in [1.54, 1.807) is 19.4 Å². The molecule has 3 aliphatic heterocycles. The minimum absolute atomic E-state index is 0.0364. The minimum Gasteiger partial charge on any atom is -0.473 e. The lowest BCUT2D eigenvalue weighted by Crippen LogP contribution is -2.52. The molecule has 43 heavy (non-hydrogen) atoms. The summed E-state index contributed by atoms with van der Waals surface area (Å²) in [6.45, 7) is 8.06. The molecule has 4 heterocycles. The molecule has 1 unspecified atom stereocenters. The molecule has 2 amide bonds. The predicted molar refractivity (Wildman–Crippen MR) is 156 cm³/mol. The summed E-state index contributed by atoms with van der Waals surface area (Å²) in [4.78, 5) is 20.8. The van der Waals surface area contributed by atoms with E-state index in [0.29, 0.717) is 51.1 Å². The van der Waals surface area contributed by atoms with Gasteiger partial charge in [0.2, 0.25) is 5.88 Å². The van der Waals surface area contributed by atoms with Crippen molar-refractivity contribution in [3.8, 4) is 17.0 Å². The van der Waals surface area contributed by atoms with Gasteiger partial charge in [0.25, 0.3) is 0 Å². The van der Waals surface area contributed by atoms with Crippen molar-refractivity contribution in [2.45, 2.75) is 45.1 Å². The van der Waals surface area contributed by atoms with Gasteiger partial charge in [-0.2, -0.15) is 13.2 Å². The first-order valence-corrected chi connectivity index (χ1v) is 14.6. The van der Waals surface area contributed by atoms with Crippen molar-refractivity contribution in [1.82, 2.24) is 9.88 Å². The highest BCUT2D eigenvalue weighted by Crippen LogP contribution is 2.35. The van der Waals surface area contributed by atoms with Gasteiger partial charge in [-0.05, 0) is 43.2 Å². The van der Waals surface area contributed by atoms with Gasteiger partial charge in [-0.3, -0.25) is 0 Å². The van der Waals surface area contributed by atoms with E-state index in [1.165, 1.54) is 0 Å². The summed E-state index contributed by atoms with van der Waals surface area (Å²) in [5.41, 5.74) is 4.01. The van der Waals surface area contributed by atoms with Gasteiger partial charge in [-0.15, -0.1) is 0 Å². The number of morpholine rings is 2. The lowest BCUT2D eigenvalue weighted by Gasteiger charge is -2.33. The number of carbonyl (C=O) groups excluding carboxylic acids is 1. The zero-order valence-electron chi connectivity index (χ0n) is 25.0. The number of rotatable bonds is 6. The van der Waals surface area contributed by atoms with E-state index in [0.717, 1.165) is 46.7 Å². The third-order valence-electron chi connectivity index (χ3n) is 7.44. The Hall–Kier alpha value is -3.13. The number of urea groups is 1. The Bertz CT molecular complexity index is 1190. The Morgan fingerprint density at radius 1 is 1.07 bits per heavy atom. The number of anilines is 2. The maximum atomic E-state index is 13.1. The van der Waals surface area contributed by atoms with Gasteiger partial charge in [-0.25, -0.2) is 9.78 Å². The number of aromatic nitrogens is 1. The van der Waals surface area contributed by atoms with E-state index in [2.05, 4.69) is 15.0 Å². The number of benzene rings is 1. The fraction of sp³-hybridized carbons (Fsp3) is 0.600. The number of ether oxygens (including phenoxy) is 5. The number of carbonyl (C=O) groups is 1. The molecule has 10 nitrogen and oxygen atoms in total. The molecule has 0 bridgehead atoms. The first-order chi connectivity index (χ1) is 20.7. The largest absolute Gasteiger partial charge is 0.473 e. The van der Waals surface area contributed by atoms with Gasteiger partial charge in [0, 0.05) is 63.6 Å². The molecule has 0 radical (unpaired) electrons. The van der Waals surface area contributed by atoms with Crippen LogP contribution in [0.4, 0.5) is 29.3 Å². The standard InChI is InChI=1S/C27H33F3N4O5.C3H8O/c1-18-2-3-20(32-26(35)34-8-13-38-24(17-34)27(28,29)30)15-22(18)19-14-23(33-6-11-37-12-7-33)25(31-16-19)39-21-4-9-36-10-5-21;1-3-4-2/h2-3,14-16,21,24H,4-13,17H2,1H3,(H,32,35);3H2,1-2H3. The van der Waals surface area contributed by atoms with Crippen molar-refractivity contribution in [3.63, 3.8) is 0 Å². The zero-order chi connectivity index (χ0) is 30.8. The van der Waals surface area contributed by atoms with Crippen molar-refractivity contribution in [1.29, 1.82) is 0 Å². The highest BCUT2D eigenvalue weighted by atomic mass is 19.4. The summed E-state index contributed by atoms with van der Waals surface area (Å²) in [5.74, 6) is 0.571. The Kier molecular flexibility index (Phi) is 11.9. The number of aryl methyl sites for hydroxylation is 1. The molecule has 1 aromatic carbocycles. The van der Waals surface area contributed by atoms with Crippen LogP contribution in [-0.2, 0) is 18.9 Å². The average Bonchev–Trinajstić information content (AvgIpc) is 3.03. The molecule has 1 N–H and O–H groups in total. The van der Waals surface area contributed by atoms with Crippen molar-refractivity contribution in [3.05, 3.63) is 36.0 Å². The summed E-state index contributed by atoms with van der Waals surface area (Å²) in [6.07, 6.45) is -3.12. The minimum atomic E-state index is -4.53. The number of pyridine rings is 1. The van der Waals surface area contributed by atoms with Crippen LogP contribution in [0.3, 0.4) is 0 Å². The molecule has 0 saturated carbocycles. The van der Waals surface area contributed by atoms with Gasteiger partial charge in [0.05, 0.1) is 39.6 Å². The van der Waals surface area contributed by atoms with Gasteiger partial charge in [0.1, 0.15) is 11.8 Å². The molecular formula is C30H41F3N4O6. The van der Waals surface area contributed by atoms with Crippen LogP contribution in [0.5, 0.6) is 5.88 Å². The summed E-state index contributed by atoms with van der Waals surface area (Å²) in [5, 5.41) is 2.74. The van der Waals surface area contributed by atoms with Gasteiger partial charge in [-0.1, -0.05) is 6.07 Å². The Morgan fingerprint density at radius 2 is 1.77 bits per heavy atom. The summed E-state index contributed by atoms with van der Waals surface area (Å²) < 4.78 is 66.0. The third-order valence-corrected chi connectivity index (χ3v) is 7.44. The van der Waals surface area contributed by atoms with Crippen LogP contribution in [0.1, 0.15) is 25.3 Å². The van der Waals surface area contributed by atoms with Gasteiger partial charge in [0.15, 0.2) is 6.10 Å². The second-order valence-electron chi connectivity index (χ2n) is 10.5. The third kappa shape index (κ3) is 9.18. The molecule has 3 saturated heterocycles. The van der Waals surface area contributed by atoms with Crippen LogP contribution in [0.15, 0.2) is 30.5 Å². The number of alkyl halides is 3. The second kappa shape index (κ2) is 15.6. The van der Waals surface area contributed by atoms with Gasteiger partial charge >= 0.3 is 12.2 Å². The van der Waals surface area contributed by atoms with Crippen molar-refractivity contribution in [2.24, 2.45) is 0 Å². The first-order valence-electron chi connectivity index (χ1n) is 14.6. The lowest BCUT2D eigenvalue weighted by molar-refractivity contribution is -0.233. The maximum absolute atomic E-state index is 13.1. The number of hydrogen-bond acceptors (Lipinski definition) is 8. The van der Waals surface area contributed by atoms with E-state index >= 15 is 0 Å². The van der Waals surface area contributed by atoms with Crippen molar-refractivity contribution in [2.75, 3.05) is 83.1 Å². The molecule has 0 spiro atoms. The van der Waals surface area contributed by atoms with Crippen molar-refractivity contribution >= 4 is 17.4 Å². The highest BCUT2D eigenvalue weighted by molar-refractivity contribution is 5.90. The normalized spacial score (nSPS) is 19.8. The van der Waals surface area contributed by atoms with Crippen molar-refractivity contribution < 1.29 is 41.7 Å². The first kappa shape index (κ1) is 32.8. The van der Waals surface area contributed by atoms with E-state index in [1.807, 2.05) is 32.0 Å². The molecule has 238 valence electrons. The zero-order valence-corrected chi connectivity index (χ0v) is 25.0. The maximum Gasteiger partial charge on any atom is 0.416 e. The Balaban J connectivity index is 0.000000996. The molecule has 5 rings (SSSR count). The van der Waals surface area contributed by atoms with Crippen LogP contribution in [0.25, 0.3) is 11.1 Å². The molecule has 1 aromatic heterocycles. The average molecular weight is 611 g/mol. The molecule has 3 fully saturated rings. The van der Waals surface area contributed by atoms with E-state index in [4.69, 9.17) is 23.9 Å². The Morgan fingerprint density at radius 3 is 2.44 bits per heavy atom. The van der Waals surface area contributed by atoms with Crippen LogP contribution in [-0.4, -0.2) is 107 Å². The van der Waals surface area contributed by atoms with E-state index in [9.17, 15) is 18.0 Å². The molecular weight excluding hydrogens is 569 g/mol. The fourth-order valence-corrected chi connectivity index (χ4v) is 4.91. The molecule has 2 aromatic rings. The SMILES string of the molecule is CCOC.Cc1ccc(NC(=O)N2CCOC(C(F)(F)F)C2)cc1-c1cnc(OC2CCOCC2)c(N2CCOCC2)c1. The summed E-state index contributed by atoms with van der Waals surface area (Å²) in [6, 6.07) is 6.85. The molecule has 3 aliphatic rings. The molecule has 13 heteroatoms. The smallest absolute Gasteiger partial charge is 0.416 e. The number of hydrogen-bond donors (Lipinski definition) is 1. The predicted octanol–water partition coefficient (Wildman–Crippen LogP) is 4.90. The Labute approximate surface area is 250 Å². The quantitative estimate of drug-likeness (QED) is 0.494. The van der Waals surface area contributed by atoms with Crippen LogP contribution < -0.4 is 15.0 Å². The summed E-state index contributed by atoms with van der Waals surface area (Å²) >= 11 is 0. The number of nitrogens with zero attached hydrogens (tertiary/aromatic N) is 3. The monoisotopic (exact) mass is 610 g/mol. The van der Waals surface area contributed by atoms with Crippen LogP contribution >= 0.6 is 0 Å². The van der Waals surface area contributed by atoms with E-state index < -0.39 is 24.9 Å². The number of amides is 2. The van der Waals surface area contributed by atoms with Crippen LogP contribution in [0.2, 0.25) is 0 Å². The second-order valence-corrected chi connectivity index (χ2v) is 10.5. The number of nitrogens with one attached hydrogen (secondary N) is 1. The fourth-order valence-electron chi connectivity index (χ4n) is 4.91. The van der Waals surface area contributed by atoms with E-state index in [-0.39, 0.29) is 19.3 Å². The molecule has 1 atom stereocenters. The highest BCUT2D eigenvalue weighted by Gasteiger charge is 2.44. The van der Waals surface area contributed by atoms with Crippen LogP contribution in [0, 0.1) is 6.92 Å². The lowest BCUT2D eigenvalue weighted by atomic mass is 10.0. The number of methoxy groups -OCH3 is 1. The van der Waals surface area contributed by atoms with Gasteiger partial charge < -0.3 is 38.8 Å². The number of halogens is 3. The molecule has 0 aliphatic carbocycles. The topological polar surface area (TPSA) is 94.6 Å². The summed E-state index contributed by atoms with van der Waals surface area (Å²) in [7, 11) is 1.68.